The fourth-order valence-electron chi connectivity index (χ4n) is 9.94. The van der Waals surface area contributed by atoms with Gasteiger partial charge in [0.2, 0.25) is 17.8 Å². The average Bonchev–Trinajstić information content (AvgIpc) is 3.90. The predicted molar refractivity (Wildman–Crippen MR) is 282 cm³/mol. The summed E-state index contributed by atoms with van der Waals surface area (Å²) in [6.45, 7) is -2.12. The van der Waals surface area contributed by atoms with E-state index in [-0.39, 0.29) is 69.7 Å². The number of hydrogen-bond donors (Lipinski definition) is 12. The number of imidazole rings is 3. The number of aryl methyl sites for hydroxylation is 1. The Hall–Kier alpha value is -6.72. The van der Waals surface area contributed by atoms with Crippen molar-refractivity contribution < 1.29 is 93.6 Å². The number of phosphoric acid groups is 3. The number of rotatable bonds is 22. The Labute approximate surface area is 476 Å². The maximum Gasteiger partial charge on any atom is 0.694 e. The van der Waals surface area contributed by atoms with E-state index in [2.05, 4.69) is 49.8 Å². The summed E-state index contributed by atoms with van der Waals surface area (Å²) in [7, 11) is -19.3. The highest BCUT2D eigenvalue weighted by Crippen LogP contribution is 2.54. The highest BCUT2D eigenvalue weighted by Gasteiger charge is 2.49. The van der Waals surface area contributed by atoms with Crippen molar-refractivity contribution in [1.29, 1.82) is 0 Å². The molecule has 4 saturated heterocycles. The number of aliphatic hydroxyl groups is 1. The van der Waals surface area contributed by atoms with Gasteiger partial charge in [0.15, 0.2) is 33.5 Å². The van der Waals surface area contributed by atoms with Crippen molar-refractivity contribution in [3.8, 4) is 0 Å². The van der Waals surface area contributed by atoms with Gasteiger partial charge in [0.25, 0.3) is 22.2 Å². The first-order chi connectivity index (χ1) is 40.7. The van der Waals surface area contributed by atoms with Crippen molar-refractivity contribution in [3.05, 3.63) is 82.6 Å². The molecule has 15 N–H and O–H groups in total. The van der Waals surface area contributed by atoms with Gasteiger partial charge in [-0.25, -0.2) is 33.4 Å². The molecule has 7 aromatic heterocycles. The minimum Gasteiger partial charge on any atom is -0.390 e. The van der Waals surface area contributed by atoms with Gasteiger partial charge in [0, 0.05) is 42.0 Å². The van der Waals surface area contributed by atoms with Gasteiger partial charge >= 0.3 is 37.4 Å². The van der Waals surface area contributed by atoms with Gasteiger partial charge in [-0.05, 0) is 6.92 Å². The Bertz CT molecular complexity index is 4220. The number of aromatic amines is 4. The van der Waals surface area contributed by atoms with E-state index in [1.54, 1.807) is 0 Å². The number of nitrogens with two attached hydrogens (primary N) is 3. The number of nitrogen functional groups attached to an aromatic ring is 3. The van der Waals surface area contributed by atoms with Crippen LogP contribution in [0.2, 0.25) is 0 Å². The van der Waals surface area contributed by atoms with Crippen molar-refractivity contribution in [2.45, 2.75) is 106 Å². The molecule has 4 unspecified atom stereocenters. The van der Waals surface area contributed by atoms with Crippen LogP contribution in [0.4, 0.5) is 17.8 Å². The van der Waals surface area contributed by atoms with Crippen LogP contribution >= 0.6 is 31.7 Å². The Morgan fingerprint density at radius 3 is 1.30 bits per heavy atom. The number of ether oxygens (including phenoxy) is 4. The zero-order chi connectivity index (χ0) is 61.3. The second-order valence-corrected chi connectivity index (χ2v) is 24.5. The topological polar surface area (TPSA) is 595 Å². The van der Waals surface area contributed by atoms with Crippen LogP contribution < -0.4 is 45.1 Å². The van der Waals surface area contributed by atoms with Crippen LogP contribution in [0.1, 0.15) is 56.2 Å². The molecular weight excluding hydrogens is 1240 g/mol. The van der Waals surface area contributed by atoms with Gasteiger partial charge in [0.1, 0.15) is 74.2 Å². The third-order valence-electron chi connectivity index (χ3n) is 13.8. The molecule has 11 rings (SSSR count). The second-order valence-electron chi connectivity index (χ2n) is 19.6. The molecule has 16 atom stereocenters. The summed E-state index contributed by atoms with van der Waals surface area (Å²) >= 11 is 0. The highest BCUT2D eigenvalue weighted by molar-refractivity contribution is 7.48. The standard InChI is InChI=1S/C40H49N17O25P4/c1-14-6-54(40(63)53-33(14)59)24-3-17(81-84(66,67)73-8-19-15(58)2-23(76-19)55-11-44-27-30(55)47-37(41)50-34(27)60)21(78-24)9-74-86(70,71)82-18-5-26(57-13-46-29-32(57)49-39(43)52-36(29)62)79-22(18)10-75-85(68,69)80-16-4-25(77-20(16)7-72-83(64)65)56-12-45-28-31(56)48-38(42)51-35(28)61/h6,11-13,15-26,58H,2-5,7-10H2,1H3,(H13-,41,42,43,47,48,49,50,51,52,53,59,60,61,62,63,64,65,66,67,68,69,70,71)/p+1/t15-,16-,17-,18-,19+,20+,21+,22+,23+,24+,25+,26+/m0/s1. The molecule has 86 heavy (non-hydrogen) atoms. The summed E-state index contributed by atoms with van der Waals surface area (Å²) in [5.41, 5.74) is 12.8. The van der Waals surface area contributed by atoms with E-state index in [1.165, 1.54) is 27.0 Å². The van der Waals surface area contributed by atoms with Crippen LogP contribution in [0.5, 0.6) is 0 Å². The summed E-state index contributed by atoms with van der Waals surface area (Å²) in [5.74, 6) is -0.854. The second kappa shape index (κ2) is 23.8. The van der Waals surface area contributed by atoms with Gasteiger partial charge in [-0.1, -0.05) is 0 Å². The van der Waals surface area contributed by atoms with Crippen LogP contribution in [0.3, 0.4) is 0 Å². The Kier molecular flexibility index (Phi) is 16.8. The first-order valence-electron chi connectivity index (χ1n) is 25.2. The van der Waals surface area contributed by atoms with Crippen LogP contribution in [0, 0.1) is 6.92 Å². The van der Waals surface area contributed by atoms with E-state index < -0.39 is 173 Å². The molecule has 4 fully saturated rings. The molecule has 4 aliphatic heterocycles. The third kappa shape index (κ3) is 13.0. The molecule has 0 radical (unpaired) electrons. The Morgan fingerprint density at radius 2 is 0.907 bits per heavy atom. The lowest BCUT2D eigenvalue weighted by Gasteiger charge is -2.25. The number of phosphoric ester groups is 3. The molecular formula is C40H50N17O25P4+. The van der Waals surface area contributed by atoms with Crippen molar-refractivity contribution in [1.82, 2.24) is 68.1 Å². The van der Waals surface area contributed by atoms with Crippen molar-refractivity contribution in [2.24, 2.45) is 0 Å². The van der Waals surface area contributed by atoms with Crippen LogP contribution in [-0.2, 0) is 68.9 Å². The van der Waals surface area contributed by atoms with Crippen LogP contribution in [-0.4, -0.2) is 168 Å². The highest BCUT2D eigenvalue weighted by atomic mass is 31.2. The lowest BCUT2D eigenvalue weighted by atomic mass is 10.2. The zero-order valence-corrected chi connectivity index (χ0v) is 47.4. The number of hydrogen-bond acceptors (Lipinski definition) is 30. The molecule has 11 heterocycles. The number of H-pyrrole nitrogens is 4. The third-order valence-corrected chi connectivity index (χ3v) is 17.3. The number of aliphatic hydroxyl groups excluding tert-OH is 1. The number of fused-ring (bicyclic) bond motifs is 3. The van der Waals surface area contributed by atoms with E-state index in [0.717, 1.165) is 23.4 Å². The molecule has 7 aromatic rings. The Morgan fingerprint density at radius 1 is 0.558 bits per heavy atom. The van der Waals surface area contributed by atoms with Crippen molar-refractivity contribution in [3.63, 3.8) is 0 Å². The number of nitrogens with one attached hydrogen (secondary N) is 4. The lowest BCUT2D eigenvalue weighted by Crippen LogP contribution is -2.33. The maximum absolute atomic E-state index is 14.1. The molecule has 0 bridgehead atoms. The van der Waals surface area contributed by atoms with E-state index in [4.69, 9.17) is 67.8 Å². The predicted octanol–water partition coefficient (Wildman–Crippen LogP) is -2.32. The fourth-order valence-corrected chi connectivity index (χ4v) is 13.1. The van der Waals surface area contributed by atoms with E-state index in [0.29, 0.717) is 0 Å². The largest absolute Gasteiger partial charge is 0.694 e. The van der Waals surface area contributed by atoms with Gasteiger partial charge in [-0.2, -0.15) is 15.0 Å². The summed E-state index contributed by atoms with van der Waals surface area (Å²) < 4.78 is 119. The van der Waals surface area contributed by atoms with Gasteiger partial charge in [0.05, 0.1) is 44.9 Å². The number of aromatic nitrogens is 14. The molecule has 42 nitrogen and oxygen atoms in total. The first-order valence-corrected chi connectivity index (χ1v) is 30.8. The summed E-state index contributed by atoms with van der Waals surface area (Å²) in [4.78, 5) is 139. The van der Waals surface area contributed by atoms with Crippen LogP contribution in [0.25, 0.3) is 33.5 Å². The first kappa shape index (κ1) is 60.9. The smallest absolute Gasteiger partial charge is 0.390 e. The van der Waals surface area contributed by atoms with Crippen LogP contribution in [0.15, 0.2) is 49.2 Å². The molecule has 0 amide bonds. The molecule has 4 aliphatic rings. The molecule has 464 valence electrons. The van der Waals surface area contributed by atoms with Crippen molar-refractivity contribution in [2.75, 3.05) is 43.6 Å². The minimum atomic E-state index is -5.47. The monoisotopic (exact) mass is 1290 g/mol. The van der Waals surface area contributed by atoms with Crippen molar-refractivity contribution >= 4 is 83.1 Å². The molecule has 0 aliphatic carbocycles. The summed E-state index contributed by atoms with van der Waals surface area (Å²) in [6, 6.07) is 0. The van der Waals surface area contributed by atoms with E-state index in [1.807, 2.05) is 0 Å². The maximum atomic E-state index is 14.1. The summed E-state index contributed by atoms with van der Waals surface area (Å²) in [5, 5.41) is 10.9. The fraction of sp³-hybridized carbons (Fsp3) is 0.525. The number of anilines is 3. The molecule has 46 heteroatoms. The van der Waals surface area contributed by atoms with E-state index in [9.17, 15) is 66.9 Å². The lowest BCUT2D eigenvalue weighted by molar-refractivity contribution is -0.0624. The minimum absolute atomic E-state index is 0.0165. The molecule has 0 saturated carbocycles. The quantitative estimate of drug-likeness (QED) is 0.0317. The summed E-state index contributed by atoms with van der Waals surface area (Å²) in [6.07, 6.45) is -13.7. The average molecular weight is 1290 g/mol. The van der Waals surface area contributed by atoms with E-state index >= 15 is 0 Å². The van der Waals surface area contributed by atoms with Gasteiger partial charge in [-0.15, -0.1) is 9.42 Å². The van der Waals surface area contributed by atoms with Gasteiger partial charge in [-0.3, -0.25) is 84.5 Å². The Balaban J connectivity index is 0.792. The normalized spacial score (nSPS) is 28.4. The molecule has 0 aromatic carbocycles. The SMILES string of the molecule is Cc1cn([C@H]2C[C@H](OP(=O)(O)OC[C@H]3O[C@@H](n4cnc5c(=O)[nH]c(N)nc54)C[C@@H]3O)[C@@H](COP(=O)(O)O[C@H]3C[C@H](n4cnc5c(=O)[nH]c(N)nc54)O[C@@H]3COP(=O)(O)O[C@H]3C[C@H](n4cnc5c(=O)[nH]c(N)nc54)O[C@@H]3CO[P+](=O)O)O2)c(=O)[nH]c1=O. The molecule has 0 spiro atoms. The van der Waals surface area contributed by atoms with Gasteiger partial charge < -0.3 is 55.9 Å². The zero-order valence-electron chi connectivity index (χ0n) is 43.8. The number of nitrogens with zero attached hydrogens (tertiary/aromatic N) is 10.